The fourth-order valence-corrected chi connectivity index (χ4v) is 5.39. The normalized spacial score (nSPS) is 17.6. The molecule has 1 fully saturated rings. The molecule has 4 rings (SSSR count). The van der Waals surface area contributed by atoms with Crippen molar-refractivity contribution < 1.29 is 18.4 Å². The molecule has 1 aliphatic carbocycles. The Morgan fingerprint density at radius 3 is 2.24 bits per heavy atom. The first-order chi connectivity index (χ1) is 17.4. The van der Waals surface area contributed by atoms with Gasteiger partial charge in [-0.3, -0.25) is 9.59 Å². The lowest BCUT2D eigenvalue weighted by Gasteiger charge is -2.19. The van der Waals surface area contributed by atoms with E-state index in [0.717, 1.165) is 23.1 Å². The average molecular weight is 604 g/mol. The quantitative estimate of drug-likeness (QED) is 0.241. The number of halogens is 7. The lowest BCUT2D eigenvalue weighted by Crippen LogP contribution is -2.28. The van der Waals surface area contributed by atoms with E-state index in [1.165, 1.54) is 37.4 Å². The smallest absolute Gasteiger partial charge is 0.261 e. The molecule has 0 aromatic heterocycles. The Balaban J connectivity index is 1.55. The van der Waals surface area contributed by atoms with Crippen molar-refractivity contribution in [3.63, 3.8) is 0 Å². The minimum absolute atomic E-state index is 0.0640. The van der Waals surface area contributed by atoms with E-state index in [1.807, 2.05) is 0 Å². The molecule has 0 heterocycles. The molecular formula is C25H14Cl5F2N3O2. The van der Waals surface area contributed by atoms with Gasteiger partial charge in [0.15, 0.2) is 0 Å². The number of hydrogen-bond acceptors (Lipinski definition) is 3. The van der Waals surface area contributed by atoms with Crippen LogP contribution in [0, 0.1) is 28.9 Å². The third-order valence-electron chi connectivity index (χ3n) is 5.91. The van der Waals surface area contributed by atoms with Crippen LogP contribution in [0.4, 0.5) is 20.2 Å². The summed E-state index contributed by atoms with van der Waals surface area (Å²) in [7, 11) is 1.25. The summed E-state index contributed by atoms with van der Waals surface area (Å²) in [5, 5.41) is 12.0. The van der Waals surface area contributed by atoms with Gasteiger partial charge in [0.2, 0.25) is 5.91 Å². The Hall–Kier alpha value is -2.60. The van der Waals surface area contributed by atoms with Crippen LogP contribution in [0.3, 0.4) is 0 Å². The molecule has 3 aromatic carbocycles. The van der Waals surface area contributed by atoms with Gasteiger partial charge in [0.05, 0.1) is 43.9 Å². The van der Waals surface area contributed by atoms with Crippen molar-refractivity contribution in [3.8, 4) is 6.07 Å². The molecule has 5 nitrogen and oxygen atoms in total. The largest absolute Gasteiger partial charge is 0.326 e. The average Bonchev–Trinajstić information content (AvgIpc) is 3.44. The molecule has 1 saturated carbocycles. The maximum atomic E-state index is 14.6. The number of hydrogen-bond donors (Lipinski definition) is 1. The second-order valence-corrected chi connectivity index (χ2v) is 10.9. The summed E-state index contributed by atoms with van der Waals surface area (Å²) >= 11 is 30.9. The number of rotatable bonds is 5. The summed E-state index contributed by atoms with van der Waals surface area (Å²) in [5.74, 6) is -4.76. The van der Waals surface area contributed by atoms with Crippen LogP contribution in [0.1, 0.15) is 27.4 Å². The van der Waals surface area contributed by atoms with Crippen molar-refractivity contribution >= 4 is 81.2 Å². The molecule has 0 radical (unpaired) electrons. The number of nitrogens with one attached hydrogen (secondary N) is 1. The molecule has 37 heavy (non-hydrogen) atoms. The molecule has 1 N–H and O–H groups in total. The number of carbonyl (C=O) groups is 2. The zero-order valence-electron chi connectivity index (χ0n) is 18.6. The Morgan fingerprint density at radius 2 is 1.65 bits per heavy atom. The van der Waals surface area contributed by atoms with Gasteiger partial charge in [0.25, 0.3) is 5.91 Å². The van der Waals surface area contributed by atoms with Crippen LogP contribution >= 0.6 is 58.0 Å². The second-order valence-electron chi connectivity index (χ2n) is 8.25. The molecule has 0 spiro atoms. The minimum Gasteiger partial charge on any atom is -0.326 e. The van der Waals surface area contributed by atoms with Crippen molar-refractivity contribution in [2.45, 2.75) is 10.3 Å². The summed E-state index contributed by atoms with van der Waals surface area (Å²) < 4.78 is 27.5. The van der Waals surface area contributed by atoms with Gasteiger partial charge >= 0.3 is 0 Å². The Bertz CT molecular complexity index is 1470. The molecule has 12 heteroatoms. The Morgan fingerprint density at radius 1 is 1.00 bits per heavy atom. The monoisotopic (exact) mass is 601 g/mol. The van der Waals surface area contributed by atoms with Crippen LogP contribution in [-0.2, 0) is 4.79 Å². The third-order valence-corrected chi connectivity index (χ3v) is 8.05. The van der Waals surface area contributed by atoms with E-state index in [2.05, 4.69) is 5.32 Å². The highest BCUT2D eigenvalue weighted by molar-refractivity contribution is 6.54. The lowest BCUT2D eigenvalue weighted by atomic mass is 10.1. The molecular weight excluding hydrogens is 590 g/mol. The van der Waals surface area contributed by atoms with E-state index < -0.39 is 45.2 Å². The van der Waals surface area contributed by atoms with E-state index in [4.69, 9.17) is 63.3 Å². The first kappa shape index (κ1) is 27.4. The second kappa shape index (κ2) is 10.3. The highest BCUT2D eigenvalue weighted by atomic mass is 35.5. The minimum atomic E-state index is -1.48. The third kappa shape index (κ3) is 5.22. The van der Waals surface area contributed by atoms with E-state index in [-0.39, 0.29) is 32.0 Å². The Labute approximate surface area is 235 Å². The van der Waals surface area contributed by atoms with Gasteiger partial charge in [-0.25, -0.2) is 8.78 Å². The molecule has 0 aliphatic heterocycles. The van der Waals surface area contributed by atoms with Gasteiger partial charge in [-0.05, 0) is 54.1 Å². The van der Waals surface area contributed by atoms with Crippen LogP contribution < -0.4 is 10.2 Å². The fourth-order valence-electron chi connectivity index (χ4n) is 3.95. The molecule has 0 saturated heterocycles. The van der Waals surface area contributed by atoms with Crippen LogP contribution in [0.25, 0.3) is 0 Å². The molecule has 2 amide bonds. The van der Waals surface area contributed by atoms with Crippen LogP contribution in [0.2, 0.25) is 15.1 Å². The maximum Gasteiger partial charge on any atom is 0.261 e. The highest BCUT2D eigenvalue weighted by Gasteiger charge is 2.67. The maximum absolute atomic E-state index is 14.6. The van der Waals surface area contributed by atoms with Gasteiger partial charge in [0.1, 0.15) is 16.0 Å². The number of benzene rings is 3. The van der Waals surface area contributed by atoms with Crippen LogP contribution in [0.5, 0.6) is 0 Å². The predicted octanol–water partition coefficient (Wildman–Crippen LogP) is 7.60. The summed E-state index contributed by atoms with van der Waals surface area (Å²) in [4.78, 5) is 26.8. The fraction of sp³-hybridized carbons (Fsp3) is 0.160. The van der Waals surface area contributed by atoms with E-state index in [1.54, 1.807) is 6.07 Å². The number of alkyl halides is 2. The first-order valence-corrected chi connectivity index (χ1v) is 12.4. The van der Waals surface area contributed by atoms with Crippen molar-refractivity contribution in [2.24, 2.45) is 5.92 Å². The van der Waals surface area contributed by atoms with Crippen molar-refractivity contribution in [1.29, 1.82) is 5.26 Å². The molecule has 1 aliphatic rings. The van der Waals surface area contributed by atoms with Crippen molar-refractivity contribution in [1.82, 2.24) is 0 Å². The van der Waals surface area contributed by atoms with Crippen LogP contribution in [0.15, 0.2) is 48.5 Å². The molecule has 2 unspecified atom stereocenters. The summed E-state index contributed by atoms with van der Waals surface area (Å²) in [6, 6.07) is 11.7. The molecule has 3 aromatic rings. The van der Waals surface area contributed by atoms with Gasteiger partial charge in [0, 0.05) is 18.7 Å². The topological polar surface area (TPSA) is 73.2 Å². The van der Waals surface area contributed by atoms with Gasteiger partial charge in [-0.15, -0.1) is 23.2 Å². The summed E-state index contributed by atoms with van der Waals surface area (Å²) in [6.45, 7) is 0. The number of carbonyl (C=O) groups excluding carboxylic acids is 2. The summed E-state index contributed by atoms with van der Waals surface area (Å²) in [5.41, 5.74) is 0.0776. The predicted molar refractivity (Wildman–Crippen MR) is 141 cm³/mol. The van der Waals surface area contributed by atoms with Gasteiger partial charge < -0.3 is 10.2 Å². The Kier molecular flexibility index (Phi) is 7.62. The van der Waals surface area contributed by atoms with E-state index >= 15 is 0 Å². The van der Waals surface area contributed by atoms with Crippen LogP contribution in [-0.4, -0.2) is 23.2 Å². The van der Waals surface area contributed by atoms with Crippen molar-refractivity contribution in [3.05, 3.63) is 91.9 Å². The molecule has 2 atom stereocenters. The first-order valence-electron chi connectivity index (χ1n) is 10.5. The summed E-state index contributed by atoms with van der Waals surface area (Å²) in [6.07, 6.45) is 0. The van der Waals surface area contributed by atoms with Crippen molar-refractivity contribution in [2.75, 3.05) is 17.3 Å². The number of nitrogens with zero attached hydrogens (tertiary/aromatic N) is 2. The highest BCUT2D eigenvalue weighted by Crippen LogP contribution is 2.65. The zero-order chi connectivity index (χ0) is 27.2. The van der Waals surface area contributed by atoms with Gasteiger partial charge in [-0.1, -0.05) is 34.8 Å². The molecule has 0 bridgehead atoms. The number of nitriles is 1. The lowest BCUT2D eigenvalue weighted by molar-refractivity contribution is -0.117. The number of anilines is 2. The van der Waals surface area contributed by atoms with E-state index in [0.29, 0.717) is 5.56 Å². The SMILES string of the molecule is CN(C(=O)c1cc(NC(=O)C2C(c3cc(Cl)c(Cl)c(Cl)c3)C2(Cl)Cl)ccc1F)c1ccc(C#N)cc1F. The zero-order valence-corrected chi connectivity index (χ0v) is 22.4. The van der Waals surface area contributed by atoms with E-state index in [9.17, 15) is 18.4 Å². The standard InChI is InChI=1S/C25H14Cl5F2N3O2/c1-35(19-5-2-11(10-33)6-18(19)32)24(37)14-9-13(3-4-17(14)31)34-23(36)21-20(25(21,29)30)12-7-15(26)22(28)16(27)8-12/h2-9,20-21H,1H3,(H,34,36). The van der Waals surface area contributed by atoms with Gasteiger partial charge in [-0.2, -0.15) is 5.26 Å². The number of amides is 2. The molecule has 190 valence electrons.